The highest BCUT2D eigenvalue weighted by Crippen LogP contribution is 2.31. The number of carbonyl (C=O) groups is 1. The summed E-state index contributed by atoms with van der Waals surface area (Å²) in [5, 5.41) is 10.8. The van der Waals surface area contributed by atoms with Crippen LogP contribution in [0.5, 0.6) is 0 Å². The van der Waals surface area contributed by atoms with Gasteiger partial charge in [-0.3, -0.25) is 14.9 Å². The fraction of sp³-hybridized carbons (Fsp3) is 0.417. The monoisotopic (exact) mass is 288 g/mol. The van der Waals surface area contributed by atoms with Crippen LogP contribution in [0.1, 0.15) is 13.3 Å². The molecule has 0 aromatic heterocycles. The number of anilines is 1. The minimum Gasteiger partial charge on any atom is -0.466 e. The van der Waals surface area contributed by atoms with Gasteiger partial charge in [-0.25, -0.2) is 4.39 Å². The van der Waals surface area contributed by atoms with Crippen molar-refractivity contribution in [3.8, 4) is 0 Å². The number of benzene rings is 1. The number of nitrogens with zero attached hydrogens (tertiary/aromatic N) is 2. The summed E-state index contributed by atoms with van der Waals surface area (Å²) in [4.78, 5) is 22.3. The Balaban J connectivity index is 2.94. The Labute approximate surface area is 114 Å². The van der Waals surface area contributed by atoms with Gasteiger partial charge in [0, 0.05) is 25.7 Å². The van der Waals surface area contributed by atoms with Crippen molar-refractivity contribution >= 4 is 17.3 Å². The minimum atomic E-state index is -1.26. The van der Waals surface area contributed by atoms with Gasteiger partial charge in [-0.1, -0.05) is 0 Å². The highest BCUT2D eigenvalue weighted by atomic mass is 19.1. The number of halogens is 2. The molecule has 0 heterocycles. The quantitative estimate of drug-likeness (QED) is 0.456. The van der Waals surface area contributed by atoms with Crippen LogP contribution in [-0.2, 0) is 9.53 Å². The van der Waals surface area contributed by atoms with Crippen LogP contribution in [0.2, 0.25) is 0 Å². The average molecular weight is 288 g/mol. The van der Waals surface area contributed by atoms with E-state index in [-0.39, 0.29) is 25.3 Å². The molecule has 0 atom stereocenters. The molecule has 8 heteroatoms. The number of nitro benzene ring substituents is 1. The third-order valence-corrected chi connectivity index (χ3v) is 2.56. The molecular weight excluding hydrogens is 274 g/mol. The van der Waals surface area contributed by atoms with Crippen molar-refractivity contribution in [2.24, 2.45) is 0 Å². The molecule has 6 nitrogen and oxygen atoms in total. The average Bonchev–Trinajstić information content (AvgIpc) is 2.34. The smallest absolute Gasteiger partial charge is 0.328 e. The van der Waals surface area contributed by atoms with E-state index in [1.165, 1.54) is 11.9 Å². The third kappa shape index (κ3) is 3.87. The first-order valence-corrected chi connectivity index (χ1v) is 5.87. The van der Waals surface area contributed by atoms with E-state index in [0.29, 0.717) is 6.07 Å². The first-order valence-electron chi connectivity index (χ1n) is 5.87. The molecule has 0 saturated carbocycles. The zero-order valence-corrected chi connectivity index (χ0v) is 11.1. The summed E-state index contributed by atoms with van der Waals surface area (Å²) in [5.74, 6) is -2.67. The fourth-order valence-corrected chi connectivity index (χ4v) is 1.64. The van der Waals surface area contributed by atoms with Crippen molar-refractivity contribution in [3.63, 3.8) is 0 Å². The maximum absolute atomic E-state index is 13.4. The van der Waals surface area contributed by atoms with Gasteiger partial charge in [0.05, 0.1) is 18.0 Å². The van der Waals surface area contributed by atoms with Gasteiger partial charge in [0.1, 0.15) is 11.5 Å². The molecule has 0 spiro atoms. The predicted octanol–water partition coefficient (Wildman–Crippen LogP) is 2.26. The summed E-state index contributed by atoms with van der Waals surface area (Å²) in [6, 6.07) is 1.30. The van der Waals surface area contributed by atoms with Gasteiger partial charge in [0.2, 0.25) is 5.82 Å². The van der Waals surface area contributed by atoms with E-state index in [0.717, 1.165) is 6.07 Å². The summed E-state index contributed by atoms with van der Waals surface area (Å²) in [5.41, 5.74) is -1.05. The highest BCUT2D eigenvalue weighted by Gasteiger charge is 2.24. The molecule has 1 aromatic rings. The summed E-state index contributed by atoms with van der Waals surface area (Å²) in [7, 11) is 1.40. The zero-order chi connectivity index (χ0) is 15.3. The Hall–Kier alpha value is -2.25. The molecule has 0 radical (unpaired) electrons. The maximum atomic E-state index is 13.4. The van der Waals surface area contributed by atoms with Crippen LogP contribution >= 0.6 is 0 Å². The Kier molecular flexibility index (Phi) is 5.36. The number of hydrogen-bond acceptors (Lipinski definition) is 5. The zero-order valence-electron chi connectivity index (χ0n) is 11.1. The second-order valence-corrected chi connectivity index (χ2v) is 3.99. The second kappa shape index (κ2) is 6.78. The largest absolute Gasteiger partial charge is 0.466 e. The molecule has 0 amide bonds. The number of hydrogen-bond donors (Lipinski definition) is 0. The normalized spacial score (nSPS) is 10.2. The molecule has 0 aliphatic heterocycles. The lowest BCUT2D eigenvalue weighted by Gasteiger charge is -2.18. The van der Waals surface area contributed by atoms with Crippen LogP contribution in [0, 0.1) is 21.7 Å². The van der Waals surface area contributed by atoms with Crippen molar-refractivity contribution in [2.45, 2.75) is 13.3 Å². The van der Waals surface area contributed by atoms with Crippen molar-refractivity contribution < 1.29 is 23.2 Å². The SMILES string of the molecule is CCOC(=O)CCN(C)c1cc(F)cc(F)c1[N+](=O)[O-]. The van der Waals surface area contributed by atoms with Crippen LogP contribution in [-0.4, -0.2) is 31.1 Å². The Morgan fingerprint density at radius 2 is 2.10 bits per heavy atom. The predicted molar refractivity (Wildman–Crippen MR) is 67.5 cm³/mol. The number of rotatable bonds is 6. The molecule has 1 aromatic carbocycles. The van der Waals surface area contributed by atoms with Crippen molar-refractivity contribution in [1.82, 2.24) is 0 Å². The number of carbonyl (C=O) groups excluding carboxylic acids is 1. The van der Waals surface area contributed by atoms with Crippen LogP contribution < -0.4 is 4.90 Å². The van der Waals surface area contributed by atoms with Crippen LogP contribution in [0.25, 0.3) is 0 Å². The van der Waals surface area contributed by atoms with E-state index in [9.17, 15) is 23.7 Å². The van der Waals surface area contributed by atoms with Gasteiger partial charge in [-0.05, 0) is 6.92 Å². The number of nitro groups is 1. The molecule has 1 rings (SSSR count). The van der Waals surface area contributed by atoms with Crippen molar-refractivity contribution in [2.75, 3.05) is 25.1 Å². The molecule has 0 aliphatic carbocycles. The third-order valence-electron chi connectivity index (χ3n) is 2.56. The topological polar surface area (TPSA) is 72.7 Å². The van der Waals surface area contributed by atoms with Crippen molar-refractivity contribution in [3.05, 3.63) is 33.9 Å². The van der Waals surface area contributed by atoms with E-state index in [2.05, 4.69) is 0 Å². The summed E-state index contributed by atoms with van der Waals surface area (Å²) < 4.78 is 31.3. The Bertz CT molecular complexity index is 522. The summed E-state index contributed by atoms with van der Waals surface area (Å²) in [6.45, 7) is 1.91. The summed E-state index contributed by atoms with van der Waals surface area (Å²) in [6.07, 6.45) is -0.0420. The standard InChI is InChI=1S/C12H14F2N2O4/c1-3-20-11(17)4-5-15(2)10-7-8(13)6-9(14)12(10)16(18)19/h6-7H,3-5H2,1-2H3. The molecule has 110 valence electrons. The second-order valence-electron chi connectivity index (χ2n) is 3.99. The lowest BCUT2D eigenvalue weighted by molar-refractivity contribution is -0.386. The van der Waals surface area contributed by atoms with E-state index in [1.807, 2.05) is 0 Å². The van der Waals surface area contributed by atoms with Crippen LogP contribution in [0.15, 0.2) is 12.1 Å². The van der Waals surface area contributed by atoms with Crippen LogP contribution in [0.4, 0.5) is 20.2 Å². The lowest BCUT2D eigenvalue weighted by atomic mass is 10.2. The number of esters is 1. The van der Waals surface area contributed by atoms with Gasteiger partial charge < -0.3 is 9.64 Å². The van der Waals surface area contributed by atoms with E-state index in [4.69, 9.17) is 4.74 Å². The first-order chi connectivity index (χ1) is 9.36. The first kappa shape index (κ1) is 15.8. The Morgan fingerprint density at radius 1 is 1.45 bits per heavy atom. The maximum Gasteiger partial charge on any atom is 0.328 e. The molecule has 0 unspecified atom stereocenters. The van der Waals surface area contributed by atoms with Gasteiger partial charge in [0.15, 0.2) is 0 Å². The number of ether oxygens (including phenoxy) is 1. The molecule has 20 heavy (non-hydrogen) atoms. The molecule has 0 saturated heterocycles. The summed E-state index contributed by atoms with van der Waals surface area (Å²) >= 11 is 0. The van der Waals surface area contributed by atoms with E-state index in [1.54, 1.807) is 6.92 Å². The van der Waals surface area contributed by atoms with E-state index < -0.39 is 28.2 Å². The van der Waals surface area contributed by atoms with Gasteiger partial charge in [0.25, 0.3) is 0 Å². The Morgan fingerprint density at radius 3 is 2.65 bits per heavy atom. The van der Waals surface area contributed by atoms with Crippen molar-refractivity contribution in [1.29, 1.82) is 0 Å². The minimum absolute atomic E-state index is 0.0420. The molecule has 0 bridgehead atoms. The fourth-order valence-electron chi connectivity index (χ4n) is 1.64. The molecule has 0 aliphatic rings. The van der Waals surface area contributed by atoms with Gasteiger partial charge >= 0.3 is 11.7 Å². The highest BCUT2D eigenvalue weighted by molar-refractivity contribution is 5.71. The van der Waals surface area contributed by atoms with E-state index >= 15 is 0 Å². The lowest BCUT2D eigenvalue weighted by Crippen LogP contribution is -2.23. The molecule has 0 fully saturated rings. The molecular formula is C12H14F2N2O4. The van der Waals surface area contributed by atoms with Gasteiger partial charge in [-0.15, -0.1) is 0 Å². The van der Waals surface area contributed by atoms with Crippen LogP contribution in [0.3, 0.4) is 0 Å². The van der Waals surface area contributed by atoms with Gasteiger partial charge in [-0.2, -0.15) is 4.39 Å². The molecule has 0 N–H and O–H groups in total.